The third kappa shape index (κ3) is 4.25. The van der Waals surface area contributed by atoms with Gasteiger partial charge in [0.25, 0.3) is 0 Å². The lowest BCUT2D eigenvalue weighted by atomic mass is 10.0. The van der Waals surface area contributed by atoms with Crippen LogP contribution in [-0.2, 0) is 48.0 Å². The Morgan fingerprint density at radius 1 is 1.17 bits per heavy atom. The number of carbonyl (C=O) groups excluding carboxylic acids is 2. The maximum atomic E-state index is 13.7. The Labute approximate surface area is 214 Å². The molecule has 2 aromatic rings. The van der Waals surface area contributed by atoms with E-state index in [1.807, 2.05) is 13.0 Å². The number of hydrogen-bond acceptors (Lipinski definition) is 7. The lowest BCUT2D eigenvalue weighted by molar-refractivity contribution is -0.135. The van der Waals surface area contributed by atoms with E-state index in [0.717, 1.165) is 48.8 Å². The van der Waals surface area contributed by atoms with Crippen molar-refractivity contribution in [1.82, 2.24) is 29.6 Å². The van der Waals surface area contributed by atoms with Crippen molar-refractivity contribution >= 4 is 33.7 Å². The van der Waals surface area contributed by atoms with Crippen molar-refractivity contribution in [2.24, 2.45) is 13.0 Å². The molecule has 2 fully saturated rings. The van der Waals surface area contributed by atoms with Crippen molar-refractivity contribution in [2.75, 3.05) is 0 Å². The first kappa shape index (κ1) is 23.7. The number of thioether (sulfide) groups is 1. The number of aromatic nitrogens is 2. The topological polar surface area (TPSA) is 117 Å². The predicted octanol–water partition coefficient (Wildman–Crippen LogP) is 1.99. The summed E-state index contributed by atoms with van der Waals surface area (Å²) < 4.78 is 30.8. The Bertz CT molecular complexity index is 1400. The molecule has 1 saturated carbocycles. The Kier molecular flexibility index (Phi) is 5.56. The number of hydrogen-bond donors (Lipinski definition) is 2. The van der Waals surface area contributed by atoms with Gasteiger partial charge in [-0.25, -0.2) is 17.9 Å². The van der Waals surface area contributed by atoms with Crippen LogP contribution in [0.5, 0.6) is 0 Å². The van der Waals surface area contributed by atoms with Gasteiger partial charge in [-0.1, -0.05) is 30.0 Å². The molecule has 10 nitrogen and oxygen atoms in total. The quantitative estimate of drug-likeness (QED) is 0.565. The molecule has 190 valence electrons. The van der Waals surface area contributed by atoms with Gasteiger partial charge >= 0.3 is 6.03 Å². The summed E-state index contributed by atoms with van der Waals surface area (Å²) in [4.78, 5) is 30.1. The van der Waals surface area contributed by atoms with Gasteiger partial charge in [-0.15, -0.1) is 0 Å². The molecule has 0 spiro atoms. The van der Waals surface area contributed by atoms with E-state index in [-0.39, 0.29) is 17.3 Å². The number of aryl methyl sites for hydroxylation is 1. The molecule has 3 aliphatic heterocycles. The van der Waals surface area contributed by atoms with Gasteiger partial charge in [0.2, 0.25) is 15.9 Å². The van der Waals surface area contributed by atoms with Crippen molar-refractivity contribution in [3.05, 3.63) is 63.2 Å². The van der Waals surface area contributed by atoms with Crippen LogP contribution in [0, 0.1) is 5.92 Å². The van der Waals surface area contributed by atoms with Gasteiger partial charge in [0, 0.05) is 44.0 Å². The molecule has 0 bridgehead atoms. The van der Waals surface area contributed by atoms with E-state index in [4.69, 9.17) is 0 Å². The Balaban J connectivity index is 1.32. The van der Waals surface area contributed by atoms with Gasteiger partial charge in [-0.3, -0.25) is 14.4 Å². The second-order valence-corrected chi connectivity index (χ2v) is 13.3. The average Bonchev–Trinajstić information content (AvgIpc) is 3.25. The number of nitrogens with zero attached hydrogens (tertiary/aromatic N) is 4. The smallest absolute Gasteiger partial charge is 0.309 e. The number of benzene rings is 1. The van der Waals surface area contributed by atoms with Crippen LogP contribution >= 0.6 is 11.8 Å². The molecular formula is C24H28N6O4S2. The lowest BCUT2D eigenvalue weighted by Crippen LogP contribution is -2.58. The molecule has 3 amide bonds. The predicted molar refractivity (Wildman–Crippen MR) is 134 cm³/mol. The first-order valence-electron chi connectivity index (χ1n) is 12.0. The molecule has 1 saturated heterocycles. The summed E-state index contributed by atoms with van der Waals surface area (Å²) in [5, 5.41) is 6.85. The van der Waals surface area contributed by atoms with E-state index < -0.39 is 38.8 Å². The summed E-state index contributed by atoms with van der Waals surface area (Å²) in [6.07, 6.45) is 6.48. The maximum absolute atomic E-state index is 13.7. The number of urea groups is 1. The van der Waals surface area contributed by atoms with Crippen LogP contribution in [0.1, 0.15) is 42.0 Å². The van der Waals surface area contributed by atoms with Crippen LogP contribution in [-0.4, -0.2) is 50.8 Å². The summed E-state index contributed by atoms with van der Waals surface area (Å²) in [6, 6.07) is 5.71. The van der Waals surface area contributed by atoms with Crippen molar-refractivity contribution < 1.29 is 18.0 Å². The highest BCUT2D eigenvalue weighted by molar-refractivity contribution is 8.18. The average molecular weight is 529 g/mol. The first-order valence-corrected chi connectivity index (χ1v) is 14.3. The number of carbonyl (C=O) groups is 2. The summed E-state index contributed by atoms with van der Waals surface area (Å²) in [5.74, 6) is -1.14. The molecular weight excluding hydrogens is 500 g/mol. The van der Waals surface area contributed by atoms with Crippen molar-refractivity contribution in [3.63, 3.8) is 0 Å². The van der Waals surface area contributed by atoms with Gasteiger partial charge in [0.05, 0.1) is 18.7 Å². The van der Waals surface area contributed by atoms with E-state index in [1.54, 1.807) is 29.0 Å². The molecule has 1 aliphatic carbocycles. The fourth-order valence-electron chi connectivity index (χ4n) is 4.95. The molecule has 36 heavy (non-hydrogen) atoms. The van der Waals surface area contributed by atoms with Crippen LogP contribution in [0.4, 0.5) is 4.79 Å². The Morgan fingerprint density at radius 2 is 1.94 bits per heavy atom. The van der Waals surface area contributed by atoms with Crippen LogP contribution < -0.4 is 10.0 Å². The number of rotatable bonds is 7. The Hall–Kier alpha value is -2.67. The maximum Gasteiger partial charge on any atom is 0.328 e. The van der Waals surface area contributed by atoms with Crippen molar-refractivity contribution in [2.45, 2.75) is 56.9 Å². The van der Waals surface area contributed by atoms with Crippen LogP contribution in [0.2, 0.25) is 0 Å². The van der Waals surface area contributed by atoms with Gasteiger partial charge < -0.3 is 10.2 Å². The summed E-state index contributed by atoms with van der Waals surface area (Å²) in [6.45, 7) is 3.83. The minimum atomic E-state index is -3.79. The second kappa shape index (κ2) is 8.44. The standard InChI is InChI=1S/C24H28N6O4S2/c1-24(5-6-24)27-36(33,34)20-8-19-21(31)29(14-16-9-26-28(2)12-16)23(32)30(22(19)35-20)13-15-3-4-17-10-25-11-18(17)7-15/h3-4,7-9,12,19,22,25,27H,5-6,10-11,13-14H2,1-2H3. The highest BCUT2D eigenvalue weighted by atomic mass is 32.3. The first-order chi connectivity index (χ1) is 17.1. The molecule has 6 rings (SSSR count). The van der Waals surface area contributed by atoms with E-state index in [2.05, 4.69) is 27.3 Å². The highest BCUT2D eigenvalue weighted by Crippen LogP contribution is 2.46. The Morgan fingerprint density at radius 3 is 2.67 bits per heavy atom. The zero-order chi connectivity index (χ0) is 25.2. The molecule has 0 radical (unpaired) electrons. The molecule has 12 heteroatoms. The zero-order valence-electron chi connectivity index (χ0n) is 20.1. The minimum Gasteiger partial charge on any atom is -0.309 e. The van der Waals surface area contributed by atoms with E-state index in [1.165, 1.54) is 22.1 Å². The van der Waals surface area contributed by atoms with Gasteiger partial charge in [0.15, 0.2) is 0 Å². The van der Waals surface area contributed by atoms with E-state index in [0.29, 0.717) is 0 Å². The summed E-state index contributed by atoms with van der Waals surface area (Å²) in [7, 11) is -2.01. The number of nitrogens with one attached hydrogen (secondary N) is 2. The second-order valence-electron chi connectivity index (χ2n) is 10.2. The zero-order valence-corrected chi connectivity index (χ0v) is 21.7. The highest BCUT2D eigenvalue weighted by Gasteiger charge is 2.52. The molecule has 4 aliphatic rings. The lowest BCUT2D eigenvalue weighted by Gasteiger charge is -2.41. The van der Waals surface area contributed by atoms with Crippen molar-refractivity contribution in [1.29, 1.82) is 0 Å². The van der Waals surface area contributed by atoms with Gasteiger partial charge in [-0.05, 0) is 42.5 Å². The number of fused-ring (bicyclic) bond motifs is 2. The third-order valence-corrected chi connectivity index (χ3v) is 10.7. The molecule has 4 heterocycles. The monoisotopic (exact) mass is 528 g/mol. The number of sulfonamides is 1. The number of amides is 3. The van der Waals surface area contributed by atoms with Gasteiger partial charge in [-0.2, -0.15) is 5.10 Å². The van der Waals surface area contributed by atoms with E-state index in [9.17, 15) is 18.0 Å². The summed E-state index contributed by atoms with van der Waals surface area (Å²) >= 11 is 1.08. The number of imide groups is 1. The molecule has 1 aromatic carbocycles. The molecule has 2 atom stereocenters. The fraction of sp³-hybridized carbons (Fsp3) is 0.458. The minimum absolute atomic E-state index is 0.0796. The normalized spacial score (nSPS) is 24.7. The van der Waals surface area contributed by atoms with Crippen LogP contribution in [0.3, 0.4) is 0 Å². The van der Waals surface area contributed by atoms with E-state index >= 15 is 0 Å². The largest absolute Gasteiger partial charge is 0.328 e. The molecule has 2 N–H and O–H groups in total. The third-order valence-electron chi connectivity index (χ3n) is 7.19. The SMILES string of the molecule is Cn1cc(CN2C(=O)C3C=C(S(=O)(=O)NC4(C)CC4)SC3N(Cc3ccc4c(c3)CNC4)C2=O)cn1. The van der Waals surface area contributed by atoms with Crippen molar-refractivity contribution in [3.8, 4) is 0 Å². The summed E-state index contributed by atoms with van der Waals surface area (Å²) in [5.41, 5.74) is 3.67. The van der Waals surface area contributed by atoms with Gasteiger partial charge in [0.1, 0.15) is 9.61 Å². The molecule has 1 aromatic heterocycles. The molecule has 2 unspecified atom stereocenters. The fourth-order valence-corrected chi connectivity index (χ4v) is 8.25. The van der Waals surface area contributed by atoms with Crippen LogP contribution in [0.25, 0.3) is 0 Å². The van der Waals surface area contributed by atoms with Crippen LogP contribution in [0.15, 0.2) is 40.9 Å².